The average Bonchev–Trinajstić information content (AvgIpc) is 3.60. The number of carbonyl (C=O) groups excluding carboxylic acids is 1. The Morgan fingerprint density at radius 1 is 1.05 bits per heavy atom. The fourth-order valence-electron chi connectivity index (χ4n) is 5.83. The smallest absolute Gasteiger partial charge is 0.271 e. The van der Waals surface area contributed by atoms with E-state index in [1.165, 1.54) is 23.0 Å². The minimum atomic E-state index is -1.25. The highest BCUT2D eigenvalue weighted by Gasteiger charge is 2.32. The highest BCUT2D eigenvalue weighted by molar-refractivity contribution is 7.07. The summed E-state index contributed by atoms with van der Waals surface area (Å²) in [6, 6.07) is 24.2. The Morgan fingerprint density at radius 3 is 2.64 bits per heavy atom. The number of nitrogens with zero attached hydrogens (tertiary/aromatic N) is 2. The molecule has 1 aliphatic carbocycles. The molecule has 3 heterocycles. The topological polar surface area (TPSA) is 96.9 Å². The highest BCUT2D eigenvalue weighted by Crippen LogP contribution is 2.41. The molecule has 0 fully saturated rings. The van der Waals surface area contributed by atoms with Gasteiger partial charge in [-0.25, -0.2) is 4.99 Å². The number of benzene rings is 3. The van der Waals surface area contributed by atoms with E-state index in [1.807, 2.05) is 37.3 Å². The summed E-state index contributed by atoms with van der Waals surface area (Å²) in [5.41, 5.74) is 6.89. The molecule has 0 bridgehead atoms. The Kier molecular flexibility index (Phi) is 6.28. The monoisotopic (exact) mass is 573 g/mol. The number of furan rings is 1. The van der Waals surface area contributed by atoms with Crippen molar-refractivity contribution >= 4 is 29.1 Å². The Labute approximate surface area is 245 Å². The molecule has 1 unspecified atom stereocenters. The van der Waals surface area contributed by atoms with Gasteiger partial charge in [-0.2, -0.15) is 0 Å². The van der Waals surface area contributed by atoms with E-state index in [0.29, 0.717) is 26.4 Å². The Hall–Kier alpha value is -4.95. The summed E-state index contributed by atoms with van der Waals surface area (Å²) in [5, 5.41) is 11.4. The van der Waals surface area contributed by atoms with Crippen LogP contribution < -0.4 is 24.7 Å². The van der Waals surface area contributed by atoms with Gasteiger partial charge >= 0.3 is 0 Å². The normalized spacial score (nSPS) is 16.0. The second-order valence-electron chi connectivity index (χ2n) is 10.4. The van der Waals surface area contributed by atoms with Crippen molar-refractivity contribution in [2.75, 3.05) is 7.11 Å². The Balaban J connectivity index is 1.37. The van der Waals surface area contributed by atoms with E-state index >= 15 is 0 Å². The van der Waals surface area contributed by atoms with E-state index in [-0.39, 0.29) is 17.2 Å². The summed E-state index contributed by atoms with van der Waals surface area (Å²) in [5.74, 6) is 0.505. The molecular weight excluding hydrogens is 548 g/mol. The molecule has 7 rings (SSSR count). The predicted molar refractivity (Wildman–Crippen MR) is 159 cm³/mol. The van der Waals surface area contributed by atoms with Crippen LogP contribution in [0.5, 0.6) is 5.75 Å². The number of carboxylic acid groups (broad SMARTS) is 1. The lowest BCUT2D eigenvalue weighted by atomic mass is 9.83. The zero-order valence-corrected chi connectivity index (χ0v) is 23.7. The van der Waals surface area contributed by atoms with Crippen LogP contribution in [0.4, 0.5) is 0 Å². The minimum Gasteiger partial charge on any atom is -0.545 e. The van der Waals surface area contributed by atoms with Crippen molar-refractivity contribution < 1.29 is 19.1 Å². The number of carbonyl (C=O) groups is 1. The molecular formula is C34H25N2O5S-. The maximum Gasteiger partial charge on any atom is 0.271 e. The third-order valence-electron chi connectivity index (χ3n) is 7.94. The lowest BCUT2D eigenvalue weighted by Gasteiger charge is -2.30. The fraction of sp³-hybridized carbons (Fsp3) is 0.147. The van der Waals surface area contributed by atoms with Gasteiger partial charge in [0.15, 0.2) is 4.80 Å². The number of hydrogen-bond donors (Lipinski definition) is 0. The first-order valence-corrected chi connectivity index (χ1v) is 14.4. The van der Waals surface area contributed by atoms with Crippen molar-refractivity contribution in [3.63, 3.8) is 0 Å². The second kappa shape index (κ2) is 10.2. The van der Waals surface area contributed by atoms with Crippen LogP contribution in [-0.2, 0) is 6.42 Å². The van der Waals surface area contributed by atoms with Crippen molar-refractivity contribution in [1.82, 2.24) is 4.57 Å². The lowest BCUT2D eigenvalue weighted by molar-refractivity contribution is -0.255. The van der Waals surface area contributed by atoms with Crippen LogP contribution in [0.2, 0.25) is 0 Å². The van der Waals surface area contributed by atoms with Crippen molar-refractivity contribution in [3.05, 3.63) is 138 Å². The van der Waals surface area contributed by atoms with Gasteiger partial charge in [0.1, 0.15) is 17.3 Å². The molecule has 2 aliphatic rings. The minimum absolute atomic E-state index is 0.0749. The average molecular weight is 574 g/mol. The van der Waals surface area contributed by atoms with Crippen molar-refractivity contribution in [2.45, 2.75) is 25.8 Å². The van der Waals surface area contributed by atoms with Crippen LogP contribution in [0.15, 0.2) is 98.6 Å². The van der Waals surface area contributed by atoms with Gasteiger partial charge in [0.05, 0.1) is 29.4 Å². The maximum absolute atomic E-state index is 14.0. The molecule has 0 radical (unpaired) electrons. The molecule has 1 atom stereocenters. The number of hydrogen-bond acceptors (Lipinski definition) is 7. The van der Waals surface area contributed by atoms with Crippen LogP contribution in [0.3, 0.4) is 0 Å². The molecule has 0 saturated carbocycles. The number of ether oxygens (including phenoxy) is 1. The van der Waals surface area contributed by atoms with E-state index in [0.717, 1.165) is 46.6 Å². The molecule has 8 heteroatoms. The van der Waals surface area contributed by atoms with E-state index < -0.39 is 5.97 Å². The molecule has 3 aromatic carbocycles. The van der Waals surface area contributed by atoms with Gasteiger partial charge in [-0.3, -0.25) is 9.36 Å². The van der Waals surface area contributed by atoms with Crippen molar-refractivity contribution in [2.24, 2.45) is 4.99 Å². The number of thiazole rings is 1. The van der Waals surface area contributed by atoms with Crippen LogP contribution in [0.1, 0.15) is 50.8 Å². The Morgan fingerprint density at radius 2 is 1.86 bits per heavy atom. The van der Waals surface area contributed by atoms with Crippen LogP contribution in [0.25, 0.3) is 23.1 Å². The molecule has 2 aromatic heterocycles. The van der Waals surface area contributed by atoms with Gasteiger partial charge in [-0.15, -0.1) is 0 Å². The Bertz CT molecular complexity index is 2100. The molecule has 1 aliphatic heterocycles. The summed E-state index contributed by atoms with van der Waals surface area (Å²) < 4.78 is 13.8. The highest BCUT2D eigenvalue weighted by atomic mass is 32.1. The van der Waals surface area contributed by atoms with E-state index in [9.17, 15) is 14.7 Å². The predicted octanol–water partition coefficient (Wildman–Crippen LogP) is 4.26. The standard InChI is InChI=1S/C34H26N2O5S/c1-19-7-8-22(33(38)39)17-27(19)28-16-14-24(41-28)18-29-32(37)36-31(21-9-12-23(40-2)13-10-21)26-15-11-20-5-3-4-6-25(20)30(26)35-34(36)42-29/h3-10,12-14,16-18,31H,11,15H2,1-2H3,(H,38,39)/p-1. The van der Waals surface area contributed by atoms with Crippen molar-refractivity contribution in [3.8, 4) is 17.1 Å². The molecule has 7 nitrogen and oxygen atoms in total. The molecule has 0 saturated heterocycles. The number of aromatic nitrogens is 1. The fourth-order valence-corrected chi connectivity index (χ4v) is 6.81. The number of carboxylic acids is 1. The molecule has 5 aromatic rings. The second-order valence-corrected chi connectivity index (χ2v) is 11.4. The lowest BCUT2D eigenvalue weighted by Crippen LogP contribution is -2.38. The SMILES string of the molecule is COc1ccc(C2C3=C(N=c4sc(=Cc5ccc(-c6cc(C(=O)[O-])ccc6C)o5)c(=O)n42)c2ccccc2CC3)cc1. The van der Waals surface area contributed by atoms with Crippen LogP contribution >= 0.6 is 11.3 Å². The van der Waals surface area contributed by atoms with E-state index in [4.69, 9.17) is 14.1 Å². The number of aromatic carboxylic acids is 1. The molecule has 0 amide bonds. The summed E-state index contributed by atoms with van der Waals surface area (Å²) in [7, 11) is 1.64. The van der Waals surface area contributed by atoms with Gasteiger partial charge in [-0.1, -0.05) is 59.9 Å². The molecule has 0 spiro atoms. The van der Waals surface area contributed by atoms with Crippen LogP contribution in [0, 0.1) is 6.92 Å². The first-order chi connectivity index (χ1) is 20.4. The number of fused-ring (bicyclic) bond motifs is 3. The zero-order chi connectivity index (χ0) is 29.0. The summed E-state index contributed by atoms with van der Waals surface area (Å²) >= 11 is 1.33. The zero-order valence-electron chi connectivity index (χ0n) is 22.9. The number of aryl methyl sites for hydroxylation is 2. The third-order valence-corrected chi connectivity index (χ3v) is 8.93. The summed E-state index contributed by atoms with van der Waals surface area (Å²) in [6.07, 6.45) is 3.42. The van der Waals surface area contributed by atoms with E-state index in [1.54, 1.807) is 42.0 Å². The molecule has 208 valence electrons. The van der Waals surface area contributed by atoms with Gasteiger partial charge < -0.3 is 19.1 Å². The van der Waals surface area contributed by atoms with Gasteiger partial charge in [-0.05, 0) is 77.9 Å². The number of methoxy groups -OCH3 is 1. The van der Waals surface area contributed by atoms with E-state index in [2.05, 4.69) is 18.2 Å². The summed E-state index contributed by atoms with van der Waals surface area (Å²) in [4.78, 5) is 31.1. The van der Waals surface area contributed by atoms with Gasteiger partial charge in [0, 0.05) is 17.2 Å². The molecule has 0 N–H and O–H groups in total. The summed E-state index contributed by atoms with van der Waals surface area (Å²) in [6.45, 7) is 1.88. The third kappa shape index (κ3) is 4.31. The number of allylic oxidation sites excluding steroid dienone is 1. The number of rotatable bonds is 5. The quantitative estimate of drug-likeness (QED) is 0.313. The largest absolute Gasteiger partial charge is 0.545 e. The van der Waals surface area contributed by atoms with Gasteiger partial charge in [0.25, 0.3) is 5.56 Å². The molecule has 42 heavy (non-hydrogen) atoms. The first-order valence-electron chi connectivity index (χ1n) is 13.6. The maximum atomic E-state index is 14.0. The van der Waals surface area contributed by atoms with Crippen LogP contribution in [-0.4, -0.2) is 17.6 Å². The van der Waals surface area contributed by atoms with Gasteiger partial charge in [0.2, 0.25) is 0 Å². The van der Waals surface area contributed by atoms with Crippen molar-refractivity contribution in [1.29, 1.82) is 0 Å². The first kappa shape index (κ1) is 26.0.